The van der Waals surface area contributed by atoms with Crippen LogP contribution in [0.25, 0.3) is 11.1 Å². The second kappa shape index (κ2) is 11.9. The van der Waals surface area contributed by atoms with Crippen LogP contribution < -0.4 is 10.1 Å². The van der Waals surface area contributed by atoms with Crippen molar-refractivity contribution in [2.75, 3.05) is 13.7 Å². The molecular weight excluding hydrogens is 472 g/mol. The van der Waals surface area contributed by atoms with E-state index in [1.54, 1.807) is 24.1 Å². The monoisotopic (exact) mass is 502 g/mol. The van der Waals surface area contributed by atoms with Gasteiger partial charge in [0.25, 0.3) is 11.1 Å². The van der Waals surface area contributed by atoms with Gasteiger partial charge in [-0.25, -0.2) is 0 Å². The van der Waals surface area contributed by atoms with Gasteiger partial charge in [-0.15, -0.1) is 0 Å². The van der Waals surface area contributed by atoms with Gasteiger partial charge in [0, 0.05) is 19.2 Å². The van der Waals surface area contributed by atoms with Crippen molar-refractivity contribution in [2.45, 2.75) is 38.0 Å². The summed E-state index contributed by atoms with van der Waals surface area (Å²) in [6.45, 7) is 3.15. The molecule has 1 N–H and O–H groups in total. The summed E-state index contributed by atoms with van der Waals surface area (Å²) in [6, 6.07) is 23.3. The van der Waals surface area contributed by atoms with Crippen LogP contribution >= 0.6 is 11.8 Å². The van der Waals surface area contributed by atoms with Crippen LogP contribution in [0.4, 0.5) is 4.79 Å². The van der Waals surface area contributed by atoms with Gasteiger partial charge >= 0.3 is 0 Å². The molecule has 3 amide bonds. The number of rotatable bonds is 10. The molecule has 1 aliphatic rings. The van der Waals surface area contributed by atoms with E-state index in [9.17, 15) is 14.4 Å². The third-order valence-corrected chi connectivity index (χ3v) is 7.09. The first-order valence-electron chi connectivity index (χ1n) is 12.1. The topological polar surface area (TPSA) is 75.7 Å². The Morgan fingerprint density at radius 2 is 1.72 bits per heavy atom. The first kappa shape index (κ1) is 25.5. The summed E-state index contributed by atoms with van der Waals surface area (Å²) in [5, 5.41) is 1.57. The van der Waals surface area contributed by atoms with Crippen LogP contribution in [0, 0.1) is 0 Å². The number of benzene rings is 3. The quantitative estimate of drug-likeness (QED) is 0.360. The Bertz CT molecular complexity index is 1230. The Balaban J connectivity index is 1.54. The Morgan fingerprint density at radius 1 is 0.972 bits per heavy atom. The first-order valence-corrected chi connectivity index (χ1v) is 13.0. The van der Waals surface area contributed by atoms with Crippen LogP contribution in [0.1, 0.15) is 41.3 Å². The minimum Gasteiger partial charge on any atom is -0.494 e. The zero-order valence-corrected chi connectivity index (χ0v) is 21.3. The Hall–Kier alpha value is -3.58. The number of carbonyl (C=O) groups excluding carboxylic acids is 3. The molecule has 0 bridgehead atoms. The van der Waals surface area contributed by atoms with Crippen molar-refractivity contribution in [1.29, 1.82) is 0 Å². The molecule has 0 aliphatic carbocycles. The van der Waals surface area contributed by atoms with E-state index in [2.05, 4.69) is 18.3 Å². The largest absolute Gasteiger partial charge is 0.494 e. The van der Waals surface area contributed by atoms with E-state index in [1.165, 1.54) is 0 Å². The Labute approximate surface area is 216 Å². The fraction of sp³-hybridized carbons (Fsp3) is 0.276. The van der Waals surface area contributed by atoms with Crippen LogP contribution in [0.5, 0.6) is 5.75 Å². The van der Waals surface area contributed by atoms with Crippen LogP contribution in [-0.4, -0.2) is 40.9 Å². The molecule has 0 saturated carbocycles. The van der Waals surface area contributed by atoms with Crippen LogP contribution in [0.3, 0.4) is 0 Å². The first-order chi connectivity index (χ1) is 17.4. The number of nitrogens with zero attached hydrogens (tertiary/aromatic N) is 1. The molecule has 1 unspecified atom stereocenters. The third kappa shape index (κ3) is 6.34. The van der Waals surface area contributed by atoms with Gasteiger partial charge in [-0.05, 0) is 65.4 Å². The molecule has 1 heterocycles. The van der Waals surface area contributed by atoms with E-state index in [1.807, 2.05) is 54.6 Å². The number of carbonyl (C=O) groups is 3. The van der Waals surface area contributed by atoms with Crippen molar-refractivity contribution in [2.24, 2.45) is 0 Å². The van der Waals surface area contributed by atoms with Gasteiger partial charge in [-0.1, -0.05) is 67.6 Å². The smallest absolute Gasteiger partial charge is 0.286 e. The molecule has 3 aromatic rings. The maximum Gasteiger partial charge on any atom is 0.286 e. The SMILES string of the molecule is CCCCOc1ccc(C(=O)N(C)Cc2cc(-c3ccccc3)ccc2CC2SC(=O)NC2=O)cc1. The summed E-state index contributed by atoms with van der Waals surface area (Å²) in [4.78, 5) is 38.7. The molecule has 7 heteroatoms. The standard InChI is InChI=1S/C29H30N2O4S/c1-3-4-16-35-25-14-12-21(13-15-25)28(33)31(2)19-24-17-22(20-8-6-5-7-9-20)10-11-23(24)18-26-27(32)30-29(34)36-26/h5-15,17,26H,3-4,16,18-19H2,1-2H3,(H,30,32,34). The van der Waals surface area contributed by atoms with Gasteiger partial charge in [0.15, 0.2) is 0 Å². The van der Waals surface area contributed by atoms with E-state index < -0.39 is 5.25 Å². The lowest BCUT2D eigenvalue weighted by Gasteiger charge is -2.21. The van der Waals surface area contributed by atoms with E-state index in [-0.39, 0.29) is 17.1 Å². The minimum absolute atomic E-state index is 0.102. The van der Waals surface area contributed by atoms with Gasteiger partial charge in [0.2, 0.25) is 5.91 Å². The van der Waals surface area contributed by atoms with Gasteiger partial charge in [0.1, 0.15) is 5.75 Å². The summed E-state index contributed by atoms with van der Waals surface area (Å²) in [5.41, 5.74) is 4.57. The highest BCUT2D eigenvalue weighted by Crippen LogP contribution is 2.28. The summed E-state index contributed by atoms with van der Waals surface area (Å²) < 4.78 is 5.70. The van der Waals surface area contributed by atoms with E-state index in [4.69, 9.17) is 4.74 Å². The lowest BCUT2D eigenvalue weighted by atomic mass is 9.96. The Kier molecular flexibility index (Phi) is 8.44. The third-order valence-electron chi connectivity index (χ3n) is 6.11. The number of thioether (sulfide) groups is 1. The number of unbranched alkanes of at least 4 members (excludes halogenated alkanes) is 1. The van der Waals surface area contributed by atoms with Crippen molar-refractivity contribution < 1.29 is 19.1 Å². The van der Waals surface area contributed by atoms with E-state index in [0.717, 1.165) is 52.6 Å². The molecule has 1 atom stereocenters. The molecule has 0 spiro atoms. The minimum atomic E-state index is -0.472. The highest BCUT2D eigenvalue weighted by Gasteiger charge is 2.32. The molecule has 1 aliphatic heterocycles. The van der Waals surface area contributed by atoms with Crippen molar-refractivity contribution in [3.8, 4) is 16.9 Å². The molecule has 186 valence electrons. The van der Waals surface area contributed by atoms with Crippen molar-refractivity contribution in [3.63, 3.8) is 0 Å². The number of nitrogens with one attached hydrogen (secondary N) is 1. The molecule has 1 saturated heterocycles. The summed E-state index contributed by atoms with van der Waals surface area (Å²) in [6.07, 6.45) is 2.47. The average Bonchev–Trinajstić information content (AvgIpc) is 3.21. The number of imide groups is 1. The maximum atomic E-state index is 13.2. The molecule has 36 heavy (non-hydrogen) atoms. The molecule has 0 aromatic heterocycles. The Morgan fingerprint density at radius 3 is 2.39 bits per heavy atom. The van der Waals surface area contributed by atoms with Crippen LogP contribution in [0.15, 0.2) is 72.8 Å². The van der Waals surface area contributed by atoms with Gasteiger partial charge in [-0.2, -0.15) is 0 Å². The predicted molar refractivity (Wildman–Crippen MR) is 143 cm³/mol. The van der Waals surface area contributed by atoms with Crippen molar-refractivity contribution >= 4 is 28.8 Å². The van der Waals surface area contributed by atoms with Gasteiger partial charge < -0.3 is 9.64 Å². The zero-order chi connectivity index (χ0) is 25.5. The summed E-state index contributed by atoms with van der Waals surface area (Å²) >= 11 is 1.02. The predicted octanol–water partition coefficient (Wildman–Crippen LogP) is 5.70. The van der Waals surface area contributed by atoms with E-state index in [0.29, 0.717) is 25.1 Å². The molecule has 1 fully saturated rings. The van der Waals surface area contributed by atoms with Crippen molar-refractivity contribution in [1.82, 2.24) is 10.2 Å². The summed E-state index contributed by atoms with van der Waals surface area (Å²) in [5.74, 6) is 0.380. The molecular formula is C29H30N2O4S. The number of amides is 3. The number of hydrogen-bond acceptors (Lipinski definition) is 5. The maximum absolute atomic E-state index is 13.2. The average molecular weight is 503 g/mol. The highest BCUT2D eigenvalue weighted by atomic mass is 32.2. The normalized spacial score (nSPS) is 15.0. The zero-order valence-electron chi connectivity index (χ0n) is 20.5. The lowest BCUT2D eigenvalue weighted by molar-refractivity contribution is -0.118. The molecule has 4 rings (SSSR count). The molecule has 3 aromatic carbocycles. The second-order valence-electron chi connectivity index (χ2n) is 8.82. The lowest BCUT2D eigenvalue weighted by Crippen LogP contribution is -2.28. The number of ether oxygens (including phenoxy) is 1. The molecule has 6 nitrogen and oxygen atoms in total. The van der Waals surface area contributed by atoms with Crippen LogP contribution in [-0.2, 0) is 17.8 Å². The van der Waals surface area contributed by atoms with Crippen molar-refractivity contribution in [3.05, 3.63) is 89.5 Å². The molecule has 0 radical (unpaired) electrons. The van der Waals surface area contributed by atoms with Gasteiger partial charge in [0.05, 0.1) is 11.9 Å². The second-order valence-corrected chi connectivity index (χ2v) is 10.00. The fourth-order valence-corrected chi connectivity index (χ4v) is 4.93. The fourth-order valence-electron chi connectivity index (χ4n) is 4.09. The summed E-state index contributed by atoms with van der Waals surface area (Å²) in [7, 11) is 1.77. The van der Waals surface area contributed by atoms with E-state index >= 15 is 0 Å². The van der Waals surface area contributed by atoms with Gasteiger partial charge in [-0.3, -0.25) is 19.7 Å². The highest BCUT2D eigenvalue weighted by molar-refractivity contribution is 8.15. The number of hydrogen-bond donors (Lipinski definition) is 1. The van der Waals surface area contributed by atoms with Crippen LogP contribution in [0.2, 0.25) is 0 Å².